The molecule has 2 N–H and O–H groups in total. The van der Waals surface area contributed by atoms with Gasteiger partial charge in [-0.1, -0.05) is 12.1 Å². The van der Waals surface area contributed by atoms with Crippen molar-refractivity contribution in [1.29, 1.82) is 0 Å². The lowest BCUT2D eigenvalue weighted by atomic mass is 10.2. The molecule has 1 aliphatic heterocycles. The second kappa shape index (κ2) is 9.99. The van der Waals surface area contributed by atoms with Crippen LogP contribution in [-0.4, -0.2) is 40.3 Å². The molecule has 0 aromatic heterocycles. The minimum Gasteiger partial charge on any atom is -0.501 e. The molecule has 1 aliphatic rings. The van der Waals surface area contributed by atoms with Gasteiger partial charge in [0.15, 0.2) is 6.61 Å². The molecule has 1 fully saturated rings. The van der Waals surface area contributed by atoms with Gasteiger partial charge in [-0.25, -0.2) is 5.43 Å². The molecular weight excluding hydrogens is 482 g/mol. The van der Waals surface area contributed by atoms with E-state index in [0.717, 1.165) is 17.6 Å². The molecule has 29 heavy (non-hydrogen) atoms. The van der Waals surface area contributed by atoms with E-state index in [1.165, 1.54) is 17.8 Å². The number of nitrogens with zero attached hydrogens (tertiary/aromatic N) is 2. The number of nitro groups is 1. The normalized spacial score (nSPS) is 14.2. The summed E-state index contributed by atoms with van der Waals surface area (Å²) in [6, 6.07) is 10.2. The standard InChI is InChI=1S/C18H16BrN3O5S2/c19-14-7-11(8-15(17(14)24)22(25)26)9-20-21-16(23)10-27-13-3-1-12(2-4-13)18-28-5-6-29-18/h1-4,7-9,18,24H,5-6,10H2,(H,21,23)/b20-9-. The Hall–Kier alpha value is -2.24. The first kappa shape index (κ1) is 21.5. The lowest BCUT2D eigenvalue weighted by molar-refractivity contribution is -0.386. The van der Waals surface area contributed by atoms with Gasteiger partial charge >= 0.3 is 5.69 Å². The van der Waals surface area contributed by atoms with Crippen LogP contribution >= 0.6 is 39.5 Å². The first-order valence-electron chi connectivity index (χ1n) is 8.39. The van der Waals surface area contributed by atoms with Crippen molar-refractivity contribution in [3.63, 3.8) is 0 Å². The summed E-state index contributed by atoms with van der Waals surface area (Å²) in [7, 11) is 0. The second-order valence-electron chi connectivity index (χ2n) is 5.85. The van der Waals surface area contributed by atoms with Crippen molar-refractivity contribution in [3.05, 3.63) is 62.1 Å². The lowest BCUT2D eigenvalue weighted by Crippen LogP contribution is -2.24. The highest BCUT2D eigenvalue weighted by Crippen LogP contribution is 2.45. The number of nitrogens with one attached hydrogen (secondary N) is 1. The Morgan fingerprint density at radius 3 is 2.69 bits per heavy atom. The van der Waals surface area contributed by atoms with Gasteiger partial charge in [-0.3, -0.25) is 14.9 Å². The number of carbonyl (C=O) groups excluding carboxylic acids is 1. The molecule has 11 heteroatoms. The number of nitro benzene ring substituents is 1. The average Bonchev–Trinajstić information content (AvgIpc) is 3.24. The maximum atomic E-state index is 11.9. The summed E-state index contributed by atoms with van der Waals surface area (Å²) in [6.45, 7) is -0.219. The molecule has 2 aromatic rings. The van der Waals surface area contributed by atoms with Gasteiger partial charge in [0.2, 0.25) is 5.75 Å². The van der Waals surface area contributed by atoms with Crippen LogP contribution in [0.15, 0.2) is 46.0 Å². The molecule has 3 rings (SSSR count). The minimum atomic E-state index is -0.709. The molecular formula is C18H16BrN3O5S2. The number of ether oxygens (including phenoxy) is 1. The smallest absolute Gasteiger partial charge is 0.312 e. The topological polar surface area (TPSA) is 114 Å². The maximum Gasteiger partial charge on any atom is 0.312 e. The molecule has 2 aromatic carbocycles. The van der Waals surface area contributed by atoms with Gasteiger partial charge in [0.05, 0.1) is 20.2 Å². The van der Waals surface area contributed by atoms with Gasteiger partial charge in [-0.05, 0) is 39.7 Å². The van der Waals surface area contributed by atoms with Crippen LogP contribution in [-0.2, 0) is 4.79 Å². The van der Waals surface area contributed by atoms with Gasteiger partial charge in [-0.2, -0.15) is 5.10 Å². The van der Waals surface area contributed by atoms with Crippen molar-refractivity contribution in [1.82, 2.24) is 5.43 Å². The molecule has 0 unspecified atom stereocenters. The van der Waals surface area contributed by atoms with Crippen LogP contribution in [0.2, 0.25) is 0 Å². The highest BCUT2D eigenvalue weighted by Gasteiger charge is 2.18. The van der Waals surface area contributed by atoms with Gasteiger partial charge < -0.3 is 9.84 Å². The van der Waals surface area contributed by atoms with E-state index in [-0.39, 0.29) is 11.1 Å². The minimum absolute atomic E-state index is 0.153. The van der Waals surface area contributed by atoms with E-state index in [9.17, 15) is 20.0 Å². The fourth-order valence-electron chi connectivity index (χ4n) is 2.45. The molecule has 0 radical (unpaired) electrons. The average molecular weight is 498 g/mol. The van der Waals surface area contributed by atoms with Gasteiger partial charge in [0.1, 0.15) is 5.75 Å². The number of rotatable bonds is 7. The zero-order valence-electron chi connectivity index (χ0n) is 14.9. The summed E-state index contributed by atoms with van der Waals surface area (Å²) in [5.41, 5.74) is 3.39. The van der Waals surface area contributed by atoms with E-state index < -0.39 is 22.3 Å². The van der Waals surface area contributed by atoms with E-state index in [1.807, 2.05) is 47.8 Å². The fraction of sp³-hybridized carbons (Fsp3) is 0.222. The predicted octanol–water partition coefficient (Wildman–Crippen LogP) is 4.07. The van der Waals surface area contributed by atoms with Crippen molar-refractivity contribution in [2.24, 2.45) is 5.10 Å². The molecule has 0 saturated carbocycles. The first-order valence-corrected chi connectivity index (χ1v) is 11.3. The molecule has 8 nitrogen and oxygen atoms in total. The molecule has 0 spiro atoms. The molecule has 0 aliphatic carbocycles. The molecule has 1 heterocycles. The predicted molar refractivity (Wildman–Crippen MR) is 118 cm³/mol. The number of hydrogen-bond acceptors (Lipinski definition) is 8. The number of aromatic hydroxyl groups is 1. The number of benzene rings is 2. The summed E-state index contributed by atoms with van der Waals surface area (Å²) < 4.78 is 6.05. The third-order valence-electron chi connectivity index (χ3n) is 3.81. The Bertz CT molecular complexity index is 934. The Morgan fingerprint density at radius 2 is 2.03 bits per heavy atom. The second-order valence-corrected chi connectivity index (χ2v) is 9.43. The number of phenolic OH excluding ortho intramolecular Hbond substituents is 1. The molecule has 0 atom stereocenters. The summed E-state index contributed by atoms with van der Waals surface area (Å²) >= 11 is 6.87. The van der Waals surface area contributed by atoms with Crippen LogP contribution in [0.3, 0.4) is 0 Å². The number of phenols is 1. The third-order valence-corrected chi connectivity index (χ3v) is 7.52. The Balaban J connectivity index is 1.50. The van der Waals surface area contributed by atoms with Crippen molar-refractivity contribution >= 4 is 57.3 Å². The van der Waals surface area contributed by atoms with Crippen LogP contribution < -0.4 is 10.2 Å². The number of amides is 1. The molecule has 1 amide bonds. The molecule has 0 bridgehead atoms. The lowest BCUT2D eigenvalue weighted by Gasteiger charge is -2.10. The summed E-state index contributed by atoms with van der Waals surface area (Å²) in [4.78, 5) is 22.1. The van der Waals surface area contributed by atoms with Crippen LogP contribution in [0, 0.1) is 10.1 Å². The Kier molecular flexibility index (Phi) is 7.40. The number of hydrogen-bond donors (Lipinski definition) is 2. The van der Waals surface area contributed by atoms with E-state index >= 15 is 0 Å². The molecule has 1 saturated heterocycles. The Labute approximate surface area is 183 Å². The molecule has 152 valence electrons. The maximum absolute atomic E-state index is 11.9. The zero-order valence-corrected chi connectivity index (χ0v) is 18.1. The number of thioether (sulfide) groups is 2. The van der Waals surface area contributed by atoms with E-state index in [1.54, 1.807) is 0 Å². The van der Waals surface area contributed by atoms with Gasteiger partial charge in [-0.15, -0.1) is 23.5 Å². The van der Waals surface area contributed by atoms with E-state index in [0.29, 0.717) is 15.9 Å². The van der Waals surface area contributed by atoms with E-state index in [2.05, 4.69) is 26.5 Å². The summed E-state index contributed by atoms with van der Waals surface area (Å²) in [5, 5.41) is 24.3. The van der Waals surface area contributed by atoms with E-state index in [4.69, 9.17) is 4.74 Å². The SMILES string of the molecule is O=C(COc1ccc(C2SCCS2)cc1)N/N=C\c1cc(Br)c(O)c([N+](=O)[O-])c1. The number of hydrazone groups is 1. The summed E-state index contributed by atoms with van der Waals surface area (Å²) in [5.74, 6) is 1.95. The Morgan fingerprint density at radius 1 is 1.34 bits per heavy atom. The van der Waals surface area contributed by atoms with Crippen molar-refractivity contribution < 1.29 is 19.6 Å². The van der Waals surface area contributed by atoms with Crippen LogP contribution in [0.1, 0.15) is 15.7 Å². The van der Waals surface area contributed by atoms with Crippen LogP contribution in [0.5, 0.6) is 11.5 Å². The van der Waals surface area contributed by atoms with Crippen LogP contribution in [0.25, 0.3) is 0 Å². The fourth-order valence-corrected chi connectivity index (χ4v) is 5.78. The monoisotopic (exact) mass is 497 g/mol. The van der Waals surface area contributed by atoms with Crippen molar-refractivity contribution in [2.75, 3.05) is 18.1 Å². The largest absolute Gasteiger partial charge is 0.501 e. The highest BCUT2D eigenvalue weighted by atomic mass is 79.9. The highest BCUT2D eigenvalue weighted by molar-refractivity contribution is 9.10. The van der Waals surface area contributed by atoms with Gasteiger partial charge in [0.25, 0.3) is 5.91 Å². The van der Waals surface area contributed by atoms with Crippen molar-refractivity contribution in [3.8, 4) is 11.5 Å². The number of carbonyl (C=O) groups is 1. The van der Waals surface area contributed by atoms with Crippen molar-refractivity contribution in [2.45, 2.75) is 4.58 Å². The quantitative estimate of drug-likeness (QED) is 0.336. The third kappa shape index (κ3) is 5.87. The van der Waals surface area contributed by atoms with Crippen LogP contribution in [0.4, 0.5) is 5.69 Å². The van der Waals surface area contributed by atoms with Gasteiger partial charge in [0, 0.05) is 23.1 Å². The summed E-state index contributed by atoms with van der Waals surface area (Å²) in [6.07, 6.45) is 1.24. The number of halogens is 1. The first-order chi connectivity index (χ1) is 13.9. The zero-order chi connectivity index (χ0) is 20.8.